The van der Waals surface area contributed by atoms with E-state index in [2.05, 4.69) is 22.0 Å². The summed E-state index contributed by atoms with van der Waals surface area (Å²) in [7, 11) is 0. The number of amidine groups is 1. The van der Waals surface area contributed by atoms with Crippen molar-refractivity contribution in [3.8, 4) is 6.19 Å². The molecule has 0 unspecified atom stereocenters. The van der Waals surface area contributed by atoms with Gasteiger partial charge in [-0.15, -0.1) is 4.99 Å². The smallest absolute Gasteiger partial charge is 0.208 e. The molecule has 0 atom stereocenters. The Kier molecular flexibility index (Phi) is 3.68. The number of nitriles is 1. The van der Waals surface area contributed by atoms with Gasteiger partial charge >= 0.3 is 0 Å². The maximum atomic E-state index is 8.40. The summed E-state index contributed by atoms with van der Waals surface area (Å²) in [5.74, 6) is 0. The topological polar surface area (TPSA) is 39.4 Å². The highest BCUT2D eigenvalue weighted by atomic mass is 32.2. The van der Waals surface area contributed by atoms with Crippen LogP contribution in [0.2, 0.25) is 0 Å². The van der Waals surface area contributed by atoms with Gasteiger partial charge in [-0.25, -0.2) is 0 Å². The van der Waals surface area contributed by atoms with E-state index >= 15 is 0 Å². The molecule has 0 saturated heterocycles. The molecule has 0 saturated carbocycles. The number of thioether (sulfide) groups is 1. The Morgan fingerprint density at radius 2 is 2.50 bits per heavy atom. The molecule has 0 aliphatic carbocycles. The van der Waals surface area contributed by atoms with Crippen LogP contribution >= 0.6 is 11.8 Å². The molecule has 0 radical (unpaired) electrons. The van der Waals surface area contributed by atoms with Gasteiger partial charge in [-0.3, -0.25) is 0 Å². The Balaban J connectivity index is 2.61. The summed E-state index contributed by atoms with van der Waals surface area (Å²) in [5.41, 5.74) is 0. The average molecular weight is 181 g/mol. The van der Waals surface area contributed by atoms with Crippen LogP contribution in [-0.4, -0.2) is 29.4 Å². The molecule has 4 heteroatoms. The summed E-state index contributed by atoms with van der Waals surface area (Å²) in [6.45, 7) is 1.85. The van der Waals surface area contributed by atoms with Gasteiger partial charge < -0.3 is 4.90 Å². The summed E-state index contributed by atoms with van der Waals surface area (Å²) >= 11 is 1.52. The molecule has 0 bridgehead atoms. The van der Waals surface area contributed by atoms with Gasteiger partial charge in [-0.2, -0.15) is 5.26 Å². The highest BCUT2D eigenvalue weighted by Crippen LogP contribution is 2.09. The van der Waals surface area contributed by atoms with Crippen molar-refractivity contribution in [1.29, 1.82) is 5.26 Å². The Labute approximate surface area is 76.8 Å². The molecular formula is C8H11N3S. The van der Waals surface area contributed by atoms with E-state index in [0.29, 0.717) is 0 Å². The van der Waals surface area contributed by atoms with Crippen molar-refractivity contribution in [3.63, 3.8) is 0 Å². The third-order valence-corrected chi connectivity index (χ3v) is 2.37. The third-order valence-electron chi connectivity index (χ3n) is 1.66. The third kappa shape index (κ3) is 2.28. The molecule has 0 aromatic carbocycles. The minimum atomic E-state index is 0.821. The molecule has 64 valence electrons. The van der Waals surface area contributed by atoms with Crippen LogP contribution in [0.4, 0.5) is 0 Å². The first-order chi connectivity index (χ1) is 5.88. The van der Waals surface area contributed by atoms with Crippen LogP contribution in [-0.2, 0) is 0 Å². The highest BCUT2D eigenvalue weighted by Gasteiger charge is 2.10. The van der Waals surface area contributed by atoms with E-state index in [1.54, 1.807) is 0 Å². The Hall–Kier alpha value is -0.950. The standard InChI is InChI=1S/C8H11N3S/c1-12-8(10-7-9)11-5-3-2-4-6-11/h2-3H,4-6H2,1H3. The lowest BCUT2D eigenvalue weighted by molar-refractivity contribution is 0.463. The quantitative estimate of drug-likeness (QED) is 0.246. The minimum Gasteiger partial charge on any atom is -0.347 e. The molecule has 1 heterocycles. The molecule has 0 aromatic rings. The molecule has 0 N–H and O–H groups in total. The number of rotatable bonds is 0. The van der Waals surface area contributed by atoms with Gasteiger partial charge in [0.1, 0.15) is 0 Å². The van der Waals surface area contributed by atoms with Crippen molar-refractivity contribution < 1.29 is 0 Å². The number of hydrogen-bond acceptors (Lipinski definition) is 3. The lowest BCUT2D eigenvalue weighted by Crippen LogP contribution is -2.31. The van der Waals surface area contributed by atoms with E-state index in [0.717, 1.165) is 24.7 Å². The van der Waals surface area contributed by atoms with E-state index in [9.17, 15) is 0 Å². The maximum absolute atomic E-state index is 8.40. The molecule has 12 heavy (non-hydrogen) atoms. The molecule has 0 aromatic heterocycles. The number of hydrogen-bond donors (Lipinski definition) is 0. The van der Waals surface area contributed by atoms with Crippen molar-refractivity contribution in [3.05, 3.63) is 12.2 Å². The van der Waals surface area contributed by atoms with Crippen LogP contribution < -0.4 is 0 Å². The fraction of sp³-hybridized carbons (Fsp3) is 0.500. The second kappa shape index (κ2) is 4.83. The lowest BCUT2D eigenvalue weighted by atomic mass is 10.3. The normalized spacial score (nSPS) is 17.7. The van der Waals surface area contributed by atoms with Gasteiger partial charge in [-0.05, 0) is 12.7 Å². The Morgan fingerprint density at radius 1 is 1.67 bits per heavy atom. The summed E-state index contributed by atoms with van der Waals surface area (Å²) in [4.78, 5) is 5.85. The van der Waals surface area contributed by atoms with Crippen LogP contribution in [0, 0.1) is 11.5 Å². The van der Waals surface area contributed by atoms with Crippen LogP contribution in [0.25, 0.3) is 0 Å². The SMILES string of the molecule is CSC(=NC#N)N1CC=CCC1. The van der Waals surface area contributed by atoms with E-state index in [4.69, 9.17) is 5.26 Å². The largest absolute Gasteiger partial charge is 0.347 e. The van der Waals surface area contributed by atoms with Crippen molar-refractivity contribution in [1.82, 2.24) is 4.90 Å². The molecule has 0 spiro atoms. The highest BCUT2D eigenvalue weighted by molar-refractivity contribution is 8.13. The second-order valence-electron chi connectivity index (χ2n) is 2.40. The molecule has 0 fully saturated rings. The monoisotopic (exact) mass is 181 g/mol. The van der Waals surface area contributed by atoms with Crippen molar-refractivity contribution in [2.45, 2.75) is 6.42 Å². The first-order valence-electron chi connectivity index (χ1n) is 3.79. The van der Waals surface area contributed by atoms with Gasteiger partial charge in [0.05, 0.1) is 0 Å². The second-order valence-corrected chi connectivity index (χ2v) is 3.18. The molecule has 1 aliphatic rings. The van der Waals surface area contributed by atoms with Gasteiger partial charge in [0.25, 0.3) is 0 Å². The van der Waals surface area contributed by atoms with E-state index in [1.165, 1.54) is 11.8 Å². The fourth-order valence-corrected chi connectivity index (χ4v) is 1.66. The zero-order chi connectivity index (χ0) is 8.81. The molecule has 1 aliphatic heterocycles. The van der Waals surface area contributed by atoms with E-state index < -0.39 is 0 Å². The van der Waals surface area contributed by atoms with Crippen LogP contribution in [0.5, 0.6) is 0 Å². The Morgan fingerprint density at radius 3 is 3.00 bits per heavy atom. The number of nitrogens with zero attached hydrogens (tertiary/aromatic N) is 3. The lowest BCUT2D eigenvalue weighted by Gasteiger charge is -2.24. The Bertz CT molecular complexity index is 239. The minimum absolute atomic E-state index is 0.821. The van der Waals surface area contributed by atoms with Gasteiger partial charge in [0.2, 0.25) is 6.19 Å². The maximum Gasteiger partial charge on any atom is 0.208 e. The van der Waals surface area contributed by atoms with Crippen LogP contribution in [0.1, 0.15) is 6.42 Å². The fourth-order valence-electron chi connectivity index (χ4n) is 1.10. The van der Waals surface area contributed by atoms with E-state index in [1.807, 2.05) is 12.4 Å². The zero-order valence-electron chi connectivity index (χ0n) is 7.03. The van der Waals surface area contributed by atoms with Crippen molar-refractivity contribution in [2.75, 3.05) is 19.3 Å². The predicted molar refractivity (Wildman–Crippen MR) is 51.9 cm³/mol. The van der Waals surface area contributed by atoms with Gasteiger partial charge in [-0.1, -0.05) is 23.9 Å². The summed E-state index contributed by atoms with van der Waals surface area (Å²) in [6, 6.07) is 0. The molecule has 1 rings (SSSR count). The first kappa shape index (κ1) is 9.14. The number of aliphatic imine (C=N–C) groups is 1. The summed E-state index contributed by atoms with van der Waals surface area (Å²) in [5, 5.41) is 9.22. The summed E-state index contributed by atoms with van der Waals surface area (Å²) < 4.78 is 0. The predicted octanol–water partition coefficient (Wildman–Crippen LogP) is 1.45. The molecule has 3 nitrogen and oxygen atoms in total. The van der Waals surface area contributed by atoms with Crippen molar-refractivity contribution >= 4 is 16.9 Å². The van der Waals surface area contributed by atoms with Crippen LogP contribution in [0.3, 0.4) is 0 Å². The van der Waals surface area contributed by atoms with Gasteiger partial charge in [0, 0.05) is 13.1 Å². The van der Waals surface area contributed by atoms with Crippen LogP contribution in [0.15, 0.2) is 17.1 Å². The van der Waals surface area contributed by atoms with E-state index in [-0.39, 0.29) is 0 Å². The average Bonchev–Trinajstić information content (AvgIpc) is 2.15. The summed E-state index contributed by atoms with van der Waals surface area (Å²) in [6.07, 6.45) is 9.06. The molecule has 0 amide bonds. The van der Waals surface area contributed by atoms with Crippen molar-refractivity contribution in [2.24, 2.45) is 4.99 Å². The van der Waals surface area contributed by atoms with Gasteiger partial charge in [0.15, 0.2) is 5.17 Å². The first-order valence-corrected chi connectivity index (χ1v) is 5.01. The zero-order valence-corrected chi connectivity index (χ0v) is 7.84. The molecular weight excluding hydrogens is 170 g/mol.